The first-order valence-electron chi connectivity index (χ1n) is 8.12. The molecule has 1 rings (SSSR count). The maximum atomic E-state index is 12.0. The predicted molar refractivity (Wildman–Crippen MR) is 86.5 cm³/mol. The van der Waals surface area contributed by atoms with Crippen molar-refractivity contribution in [2.45, 2.75) is 58.7 Å². The van der Waals surface area contributed by atoms with Crippen LogP contribution in [0.4, 0.5) is 0 Å². The Balaban J connectivity index is 2.50. The molecule has 5 heteroatoms. The van der Waals surface area contributed by atoms with Crippen molar-refractivity contribution in [1.82, 2.24) is 15.1 Å². The van der Waals surface area contributed by atoms with Crippen molar-refractivity contribution in [3.05, 3.63) is 0 Å². The quantitative estimate of drug-likeness (QED) is 0.719. The van der Waals surface area contributed by atoms with E-state index < -0.39 is 0 Å². The second kappa shape index (κ2) is 8.11. The van der Waals surface area contributed by atoms with Gasteiger partial charge in [-0.05, 0) is 34.2 Å². The van der Waals surface area contributed by atoms with Gasteiger partial charge >= 0.3 is 5.97 Å². The number of ether oxygens (including phenoxy) is 1. The molecular weight excluding hydrogens is 266 g/mol. The van der Waals surface area contributed by atoms with Crippen LogP contribution in [0.3, 0.4) is 0 Å². The van der Waals surface area contributed by atoms with Gasteiger partial charge in [0, 0.05) is 37.8 Å². The van der Waals surface area contributed by atoms with Crippen LogP contribution < -0.4 is 5.32 Å². The Morgan fingerprint density at radius 2 is 2.00 bits per heavy atom. The Hall–Kier alpha value is -0.650. The molecule has 0 bridgehead atoms. The number of nitrogens with zero attached hydrogens (tertiary/aromatic N) is 2. The van der Waals surface area contributed by atoms with Gasteiger partial charge in [0.15, 0.2) is 0 Å². The van der Waals surface area contributed by atoms with Gasteiger partial charge in [-0.1, -0.05) is 13.8 Å². The summed E-state index contributed by atoms with van der Waals surface area (Å²) in [4.78, 5) is 16.9. The third-order valence-electron chi connectivity index (χ3n) is 4.24. The van der Waals surface area contributed by atoms with Gasteiger partial charge in [0.1, 0.15) is 6.04 Å². The van der Waals surface area contributed by atoms with E-state index in [1.165, 1.54) is 0 Å². The van der Waals surface area contributed by atoms with Crippen LogP contribution in [0.5, 0.6) is 0 Å². The van der Waals surface area contributed by atoms with Crippen LogP contribution in [0.25, 0.3) is 0 Å². The van der Waals surface area contributed by atoms with Crippen LogP contribution in [-0.2, 0) is 9.53 Å². The maximum absolute atomic E-state index is 12.0. The Morgan fingerprint density at radius 1 is 1.33 bits per heavy atom. The second-order valence-electron chi connectivity index (χ2n) is 6.92. The van der Waals surface area contributed by atoms with Crippen LogP contribution in [-0.4, -0.2) is 73.2 Å². The Labute approximate surface area is 130 Å². The van der Waals surface area contributed by atoms with E-state index in [-0.39, 0.29) is 23.6 Å². The molecule has 1 aliphatic heterocycles. The first-order valence-corrected chi connectivity index (χ1v) is 8.12. The molecule has 0 amide bonds. The van der Waals surface area contributed by atoms with Crippen molar-refractivity contribution in [1.29, 1.82) is 0 Å². The molecule has 1 fully saturated rings. The van der Waals surface area contributed by atoms with Gasteiger partial charge in [-0.3, -0.25) is 9.69 Å². The van der Waals surface area contributed by atoms with Crippen LogP contribution in [0.1, 0.15) is 41.0 Å². The predicted octanol–water partition coefficient (Wildman–Crippen LogP) is 1.33. The molecule has 0 aromatic heterocycles. The number of likely N-dealkylation sites (N-methyl/N-ethyl adjacent to an activating group) is 1. The SMILES string of the molecule is CCOC(=O)C(CCN1CCN(C)C(C)(C)C1)NC(C)C. The highest BCUT2D eigenvalue weighted by Crippen LogP contribution is 2.19. The zero-order chi connectivity index (χ0) is 16.0. The Bertz CT molecular complexity index is 331. The van der Waals surface area contributed by atoms with Gasteiger partial charge in [0.2, 0.25) is 0 Å². The number of carbonyl (C=O) groups is 1. The molecule has 0 spiro atoms. The van der Waals surface area contributed by atoms with E-state index in [1.54, 1.807) is 0 Å². The molecule has 5 nitrogen and oxygen atoms in total. The lowest BCUT2D eigenvalue weighted by atomic mass is 9.99. The van der Waals surface area contributed by atoms with E-state index in [9.17, 15) is 4.79 Å². The lowest BCUT2D eigenvalue weighted by Gasteiger charge is -2.45. The lowest BCUT2D eigenvalue weighted by Crippen LogP contribution is -2.58. The molecule has 0 saturated carbocycles. The van der Waals surface area contributed by atoms with E-state index in [4.69, 9.17) is 4.74 Å². The van der Waals surface area contributed by atoms with Crippen LogP contribution in [0.2, 0.25) is 0 Å². The van der Waals surface area contributed by atoms with Gasteiger partial charge in [0.25, 0.3) is 0 Å². The molecule has 1 saturated heterocycles. The average Bonchev–Trinajstić information content (AvgIpc) is 2.38. The maximum Gasteiger partial charge on any atom is 0.323 e. The van der Waals surface area contributed by atoms with Gasteiger partial charge in [-0.15, -0.1) is 0 Å². The zero-order valence-corrected chi connectivity index (χ0v) is 14.6. The van der Waals surface area contributed by atoms with Crippen molar-refractivity contribution in [2.24, 2.45) is 0 Å². The summed E-state index contributed by atoms with van der Waals surface area (Å²) in [5.74, 6) is -0.125. The van der Waals surface area contributed by atoms with Gasteiger partial charge in [-0.25, -0.2) is 0 Å². The van der Waals surface area contributed by atoms with Gasteiger partial charge in [-0.2, -0.15) is 0 Å². The highest BCUT2D eigenvalue weighted by Gasteiger charge is 2.31. The number of nitrogens with one attached hydrogen (secondary N) is 1. The number of hydrogen-bond donors (Lipinski definition) is 1. The zero-order valence-electron chi connectivity index (χ0n) is 14.6. The average molecular weight is 299 g/mol. The number of hydrogen-bond acceptors (Lipinski definition) is 5. The summed E-state index contributed by atoms with van der Waals surface area (Å²) >= 11 is 0. The minimum Gasteiger partial charge on any atom is -0.465 e. The molecule has 124 valence electrons. The van der Waals surface area contributed by atoms with Crippen LogP contribution in [0.15, 0.2) is 0 Å². The highest BCUT2D eigenvalue weighted by atomic mass is 16.5. The smallest absolute Gasteiger partial charge is 0.323 e. The summed E-state index contributed by atoms with van der Waals surface area (Å²) in [6.45, 7) is 15.1. The molecule has 0 aromatic rings. The number of esters is 1. The summed E-state index contributed by atoms with van der Waals surface area (Å²) < 4.78 is 5.17. The Morgan fingerprint density at radius 3 is 2.52 bits per heavy atom. The van der Waals surface area contributed by atoms with E-state index in [1.807, 2.05) is 6.92 Å². The standard InChI is InChI=1S/C16H33N3O2/c1-7-21-15(20)14(17-13(2)3)8-9-19-11-10-18(6)16(4,5)12-19/h13-14,17H,7-12H2,1-6H3. The molecule has 0 aliphatic carbocycles. The van der Waals surface area contributed by atoms with Crippen LogP contribution >= 0.6 is 0 Å². The number of rotatable bonds is 7. The molecule has 1 N–H and O–H groups in total. The van der Waals surface area contributed by atoms with Crippen LogP contribution in [0, 0.1) is 0 Å². The fraction of sp³-hybridized carbons (Fsp3) is 0.938. The number of piperazine rings is 1. The molecule has 21 heavy (non-hydrogen) atoms. The normalized spacial score (nSPS) is 21.5. The van der Waals surface area contributed by atoms with Crippen molar-refractivity contribution < 1.29 is 9.53 Å². The third kappa shape index (κ3) is 5.93. The third-order valence-corrected chi connectivity index (χ3v) is 4.24. The van der Waals surface area contributed by atoms with Crippen molar-refractivity contribution in [2.75, 3.05) is 39.8 Å². The second-order valence-corrected chi connectivity index (χ2v) is 6.92. The molecule has 0 radical (unpaired) electrons. The van der Waals surface area contributed by atoms with Crippen molar-refractivity contribution in [3.63, 3.8) is 0 Å². The molecular formula is C16H33N3O2. The fourth-order valence-electron chi connectivity index (χ4n) is 2.76. The topological polar surface area (TPSA) is 44.8 Å². The summed E-state index contributed by atoms with van der Waals surface area (Å²) in [6.07, 6.45) is 0.802. The molecule has 1 aliphatic rings. The van der Waals surface area contributed by atoms with Gasteiger partial charge in [0.05, 0.1) is 6.61 Å². The fourth-order valence-corrected chi connectivity index (χ4v) is 2.76. The van der Waals surface area contributed by atoms with Crippen molar-refractivity contribution >= 4 is 5.97 Å². The summed E-state index contributed by atoms with van der Waals surface area (Å²) in [5.41, 5.74) is 0.198. The number of carbonyl (C=O) groups excluding carboxylic acids is 1. The van der Waals surface area contributed by atoms with Gasteiger partial charge < -0.3 is 15.0 Å². The largest absolute Gasteiger partial charge is 0.465 e. The first-order chi connectivity index (χ1) is 9.76. The highest BCUT2D eigenvalue weighted by molar-refractivity contribution is 5.75. The molecule has 1 atom stereocenters. The van der Waals surface area contributed by atoms with E-state index >= 15 is 0 Å². The first kappa shape index (κ1) is 18.4. The summed E-state index contributed by atoms with van der Waals surface area (Å²) in [7, 11) is 2.18. The minimum absolute atomic E-state index is 0.125. The minimum atomic E-state index is -0.201. The summed E-state index contributed by atoms with van der Waals surface area (Å²) in [6, 6.07) is 0.0797. The van der Waals surface area contributed by atoms with E-state index in [0.29, 0.717) is 6.61 Å². The van der Waals surface area contributed by atoms with Crippen molar-refractivity contribution in [3.8, 4) is 0 Å². The van der Waals surface area contributed by atoms with E-state index in [2.05, 4.69) is 49.9 Å². The summed E-state index contributed by atoms with van der Waals surface area (Å²) in [5, 5.41) is 3.32. The lowest BCUT2D eigenvalue weighted by molar-refractivity contribution is -0.146. The Kier molecular flexibility index (Phi) is 7.10. The molecule has 0 aromatic carbocycles. The van der Waals surface area contributed by atoms with E-state index in [0.717, 1.165) is 32.6 Å². The molecule has 1 unspecified atom stereocenters. The molecule has 1 heterocycles. The monoisotopic (exact) mass is 299 g/mol.